The van der Waals surface area contributed by atoms with Crippen molar-refractivity contribution in [2.45, 2.75) is 45.8 Å². The number of anilines is 2. The molecule has 0 saturated heterocycles. The zero-order chi connectivity index (χ0) is 20.4. The monoisotopic (exact) mass is 392 g/mol. The second-order valence-corrected chi connectivity index (χ2v) is 7.80. The van der Waals surface area contributed by atoms with Gasteiger partial charge in [0.15, 0.2) is 0 Å². The van der Waals surface area contributed by atoms with E-state index in [1.54, 1.807) is 7.11 Å². The summed E-state index contributed by atoms with van der Waals surface area (Å²) in [6.07, 6.45) is 3.29. The number of nitrogens with one attached hydrogen (secondary N) is 2. The third-order valence-corrected chi connectivity index (χ3v) is 5.43. The van der Waals surface area contributed by atoms with Crippen molar-refractivity contribution in [3.05, 3.63) is 59.2 Å². The summed E-state index contributed by atoms with van der Waals surface area (Å²) >= 11 is 0. The molecule has 1 aromatic heterocycles. The van der Waals surface area contributed by atoms with Crippen LogP contribution in [0.25, 0.3) is 16.7 Å². The van der Waals surface area contributed by atoms with E-state index in [1.165, 1.54) is 12.0 Å². The van der Waals surface area contributed by atoms with Gasteiger partial charge in [0.05, 0.1) is 23.3 Å². The van der Waals surface area contributed by atoms with Crippen molar-refractivity contribution >= 4 is 28.4 Å². The highest BCUT2D eigenvalue weighted by molar-refractivity contribution is 5.81. The summed E-state index contributed by atoms with van der Waals surface area (Å²) in [5, 5.41) is 13.0. The molecule has 0 radical (unpaired) electrons. The van der Waals surface area contributed by atoms with Gasteiger partial charge in [0.2, 0.25) is 5.95 Å². The maximum Gasteiger partial charge on any atom is 0.208 e. The van der Waals surface area contributed by atoms with Crippen LogP contribution >= 0.6 is 0 Å². The van der Waals surface area contributed by atoms with Crippen molar-refractivity contribution < 1.29 is 9.94 Å². The Morgan fingerprint density at radius 2 is 1.93 bits per heavy atom. The highest BCUT2D eigenvalue weighted by Crippen LogP contribution is 2.33. The van der Waals surface area contributed by atoms with E-state index in [0.717, 1.165) is 52.3 Å². The molecular weight excluding hydrogens is 364 g/mol. The van der Waals surface area contributed by atoms with Crippen LogP contribution < -0.4 is 10.8 Å². The normalized spacial score (nSPS) is 13.6. The Labute approximate surface area is 171 Å². The maximum atomic E-state index is 9.51. The van der Waals surface area contributed by atoms with Gasteiger partial charge >= 0.3 is 0 Å². The van der Waals surface area contributed by atoms with E-state index in [-0.39, 0.29) is 6.04 Å². The van der Waals surface area contributed by atoms with E-state index in [1.807, 2.05) is 24.3 Å². The van der Waals surface area contributed by atoms with Gasteiger partial charge in [-0.2, -0.15) is 0 Å². The van der Waals surface area contributed by atoms with Crippen molar-refractivity contribution in [3.8, 4) is 0 Å². The number of ether oxygens (including phenoxy) is 1. The highest BCUT2D eigenvalue weighted by Gasteiger charge is 2.17. The van der Waals surface area contributed by atoms with Gasteiger partial charge in [0, 0.05) is 18.8 Å². The van der Waals surface area contributed by atoms with E-state index >= 15 is 0 Å². The van der Waals surface area contributed by atoms with Gasteiger partial charge in [-0.05, 0) is 74.1 Å². The van der Waals surface area contributed by atoms with Crippen molar-refractivity contribution in [2.75, 3.05) is 12.4 Å². The van der Waals surface area contributed by atoms with Gasteiger partial charge in [-0.3, -0.25) is 10.7 Å². The van der Waals surface area contributed by atoms with Gasteiger partial charge in [-0.25, -0.2) is 4.98 Å². The molecule has 3 aromatic rings. The third-order valence-electron chi connectivity index (χ3n) is 5.43. The Bertz CT molecular complexity index is 1030. The summed E-state index contributed by atoms with van der Waals surface area (Å²) < 4.78 is 7.45. The van der Waals surface area contributed by atoms with E-state index in [9.17, 15) is 5.21 Å². The standard InChI is InChI=1S/C23H28N4O2/c1-15(2)27-21-12-7-16(14-29-3)13-20(21)25-23(27)24-19-10-8-18(9-11-19)22(26-28)17-5-4-6-17/h7-13,15,26,28H,4-6,14H2,1-3H3,(H,24,25). The second-order valence-electron chi connectivity index (χ2n) is 7.80. The molecule has 4 rings (SSSR count). The molecule has 6 nitrogen and oxygen atoms in total. The van der Waals surface area contributed by atoms with E-state index < -0.39 is 0 Å². The first-order valence-electron chi connectivity index (χ1n) is 10.1. The fourth-order valence-corrected chi connectivity index (χ4v) is 3.81. The number of benzene rings is 2. The van der Waals surface area contributed by atoms with E-state index in [4.69, 9.17) is 9.72 Å². The maximum absolute atomic E-state index is 9.51. The van der Waals surface area contributed by atoms with Crippen molar-refractivity contribution in [2.24, 2.45) is 0 Å². The fraction of sp³-hybridized carbons (Fsp3) is 0.348. The van der Waals surface area contributed by atoms with Gasteiger partial charge < -0.3 is 14.6 Å². The summed E-state index contributed by atoms with van der Waals surface area (Å²) in [6.45, 7) is 4.89. The zero-order valence-electron chi connectivity index (χ0n) is 17.2. The number of imidazole rings is 1. The molecular formula is C23H28N4O2. The molecule has 2 aromatic carbocycles. The van der Waals surface area contributed by atoms with Crippen LogP contribution in [0.2, 0.25) is 0 Å². The molecule has 152 valence electrons. The van der Waals surface area contributed by atoms with Crippen LogP contribution in [0.3, 0.4) is 0 Å². The summed E-state index contributed by atoms with van der Waals surface area (Å²) in [7, 11) is 1.70. The molecule has 0 aliphatic heterocycles. The van der Waals surface area contributed by atoms with Crippen LogP contribution in [0.15, 0.2) is 48.0 Å². The van der Waals surface area contributed by atoms with Crippen LogP contribution in [0.4, 0.5) is 11.6 Å². The molecule has 0 bridgehead atoms. The Morgan fingerprint density at radius 3 is 2.52 bits per heavy atom. The van der Waals surface area contributed by atoms with Gasteiger partial charge in [-0.1, -0.05) is 18.2 Å². The van der Waals surface area contributed by atoms with Crippen molar-refractivity contribution in [1.29, 1.82) is 0 Å². The van der Waals surface area contributed by atoms with Crippen LogP contribution in [0.5, 0.6) is 0 Å². The average molecular weight is 393 g/mol. The first-order valence-corrected chi connectivity index (χ1v) is 10.1. The fourth-order valence-electron chi connectivity index (χ4n) is 3.81. The molecule has 0 atom stereocenters. The number of hydrogen-bond acceptors (Lipinski definition) is 5. The number of rotatable bonds is 7. The summed E-state index contributed by atoms with van der Waals surface area (Å²) in [5.41, 5.74) is 9.61. The first kappa shape index (κ1) is 19.5. The number of aromatic nitrogens is 2. The minimum atomic E-state index is 0.267. The molecule has 29 heavy (non-hydrogen) atoms. The van der Waals surface area contributed by atoms with Gasteiger partial charge in [0.1, 0.15) is 0 Å². The topological polar surface area (TPSA) is 71.3 Å². The lowest BCUT2D eigenvalue weighted by Gasteiger charge is -2.21. The largest absolute Gasteiger partial charge is 0.380 e. The lowest BCUT2D eigenvalue weighted by molar-refractivity contribution is 0.185. The van der Waals surface area contributed by atoms with Crippen LogP contribution in [0, 0.1) is 0 Å². The van der Waals surface area contributed by atoms with Gasteiger partial charge in [-0.15, -0.1) is 0 Å². The second kappa shape index (κ2) is 8.27. The molecule has 6 heteroatoms. The quantitative estimate of drug-likeness (QED) is 0.471. The Morgan fingerprint density at radius 1 is 1.17 bits per heavy atom. The number of allylic oxidation sites excluding steroid dienone is 1. The Hall–Kier alpha value is -2.83. The molecule has 0 spiro atoms. The minimum absolute atomic E-state index is 0.267. The lowest BCUT2D eigenvalue weighted by atomic mass is 9.88. The molecule has 3 N–H and O–H groups in total. The highest BCUT2D eigenvalue weighted by atomic mass is 16.5. The lowest BCUT2D eigenvalue weighted by Crippen LogP contribution is -2.13. The molecule has 0 amide bonds. The Kier molecular flexibility index (Phi) is 5.56. The molecule has 1 saturated carbocycles. The van der Waals surface area contributed by atoms with E-state index in [0.29, 0.717) is 6.61 Å². The van der Waals surface area contributed by atoms with Crippen LogP contribution in [-0.2, 0) is 11.3 Å². The molecule has 0 unspecified atom stereocenters. The van der Waals surface area contributed by atoms with Crippen LogP contribution in [0.1, 0.15) is 50.3 Å². The third kappa shape index (κ3) is 3.86. The molecule has 1 aliphatic carbocycles. The summed E-state index contributed by atoms with van der Waals surface area (Å²) in [4.78, 5) is 4.83. The number of hydrogen-bond donors (Lipinski definition) is 3. The SMILES string of the molecule is COCc1ccc2c(c1)nc(Nc1ccc(C(NO)=C3CCC3)cc1)n2C(C)C. The smallest absolute Gasteiger partial charge is 0.208 e. The number of methoxy groups -OCH3 is 1. The van der Waals surface area contributed by atoms with Gasteiger partial charge in [0.25, 0.3) is 0 Å². The number of nitrogens with zero attached hydrogens (tertiary/aromatic N) is 2. The number of fused-ring (bicyclic) bond motifs is 1. The number of hydroxylamine groups is 1. The average Bonchev–Trinajstić information content (AvgIpc) is 3.02. The first-order chi connectivity index (χ1) is 14.1. The minimum Gasteiger partial charge on any atom is -0.380 e. The summed E-state index contributed by atoms with van der Waals surface area (Å²) in [5.74, 6) is 0.815. The van der Waals surface area contributed by atoms with Crippen molar-refractivity contribution in [1.82, 2.24) is 15.0 Å². The molecule has 1 fully saturated rings. The molecule has 1 aliphatic rings. The molecule has 1 heterocycles. The predicted octanol–water partition coefficient (Wildman–Crippen LogP) is 5.38. The van der Waals surface area contributed by atoms with E-state index in [2.05, 4.69) is 47.4 Å². The predicted molar refractivity (Wildman–Crippen MR) is 116 cm³/mol. The zero-order valence-corrected chi connectivity index (χ0v) is 17.2. The Balaban J connectivity index is 1.64. The van der Waals surface area contributed by atoms with Crippen LogP contribution in [-0.4, -0.2) is 21.9 Å². The van der Waals surface area contributed by atoms with Crippen molar-refractivity contribution in [3.63, 3.8) is 0 Å². The summed E-state index contributed by atoms with van der Waals surface area (Å²) in [6, 6.07) is 14.6.